The van der Waals surface area contributed by atoms with Crippen LogP contribution in [0.25, 0.3) is 11.3 Å². The summed E-state index contributed by atoms with van der Waals surface area (Å²) in [5, 5.41) is 23.1. The molecule has 0 saturated carbocycles. The minimum absolute atomic E-state index is 0.143. The summed E-state index contributed by atoms with van der Waals surface area (Å²) in [6.07, 6.45) is -4.47. The van der Waals surface area contributed by atoms with Gasteiger partial charge in [-0.05, 0) is 60.0 Å². The molecule has 4 rings (SSSR count). The van der Waals surface area contributed by atoms with Crippen molar-refractivity contribution in [2.45, 2.75) is 33.8 Å². The van der Waals surface area contributed by atoms with Gasteiger partial charge in [0.25, 0.3) is 0 Å². The second kappa shape index (κ2) is 13.9. The Morgan fingerprint density at radius 2 is 1.74 bits per heavy atom. The van der Waals surface area contributed by atoms with E-state index in [2.05, 4.69) is 31.6 Å². The summed E-state index contributed by atoms with van der Waals surface area (Å²) in [6.45, 7) is 1.16. The van der Waals surface area contributed by atoms with Gasteiger partial charge >= 0.3 is 6.18 Å². The number of alkyl halides is 3. The molecule has 0 spiro atoms. The number of thioether (sulfide) groups is 1. The molecule has 4 aromatic rings. The van der Waals surface area contributed by atoms with Gasteiger partial charge in [-0.15, -0.1) is 5.10 Å². The van der Waals surface area contributed by atoms with Crippen molar-refractivity contribution in [3.8, 4) is 34.6 Å². The van der Waals surface area contributed by atoms with Crippen molar-refractivity contribution in [1.29, 1.82) is 5.26 Å². The van der Waals surface area contributed by atoms with E-state index in [-0.39, 0.29) is 27.2 Å². The molecule has 16 heteroatoms. The SMILES string of the molecule is COc1cc(-c2nc(SCc3cccc(C(F)(F)F)c3)nc(Sc3nnnn3CCN(C)C)c2C#N)cc(OC)c1OC. The van der Waals surface area contributed by atoms with Crippen LogP contribution in [0.4, 0.5) is 13.2 Å². The van der Waals surface area contributed by atoms with Crippen molar-refractivity contribution < 1.29 is 27.4 Å². The lowest BCUT2D eigenvalue weighted by Gasteiger charge is -2.16. The first-order valence-electron chi connectivity index (χ1n) is 12.6. The standard InChI is InChI=1S/C27H27F3N8O3S2/c1-37(2)9-10-38-26(34-35-36-38)43-24-19(14-31)22(17-12-20(39-3)23(41-5)21(13-17)40-4)32-25(33-24)42-15-16-7-6-8-18(11-16)27(28,29)30/h6-8,11-13H,9-10,15H2,1-5H3. The predicted molar refractivity (Wildman–Crippen MR) is 153 cm³/mol. The Morgan fingerprint density at radius 3 is 2.35 bits per heavy atom. The highest BCUT2D eigenvalue weighted by Gasteiger charge is 2.30. The van der Waals surface area contributed by atoms with Gasteiger partial charge in [0.2, 0.25) is 10.9 Å². The fraction of sp³-hybridized carbons (Fsp3) is 0.333. The van der Waals surface area contributed by atoms with Crippen LogP contribution in [0.15, 0.2) is 51.7 Å². The van der Waals surface area contributed by atoms with Gasteiger partial charge in [0, 0.05) is 17.9 Å². The normalized spacial score (nSPS) is 11.4. The van der Waals surface area contributed by atoms with Crippen LogP contribution in [0, 0.1) is 11.3 Å². The van der Waals surface area contributed by atoms with Crippen LogP contribution in [0.1, 0.15) is 16.7 Å². The molecule has 0 aliphatic rings. The minimum Gasteiger partial charge on any atom is -0.493 e. The van der Waals surface area contributed by atoms with Gasteiger partial charge in [0.1, 0.15) is 16.7 Å². The van der Waals surface area contributed by atoms with E-state index in [0.717, 1.165) is 35.7 Å². The zero-order valence-corrected chi connectivity index (χ0v) is 25.5. The van der Waals surface area contributed by atoms with Crippen LogP contribution in [-0.4, -0.2) is 77.0 Å². The summed E-state index contributed by atoms with van der Waals surface area (Å²) in [6, 6.07) is 10.6. The molecule has 0 radical (unpaired) electrons. The van der Waals surface area contributed by atoms with E-state index >= 15 is 0 Å². The monoisotopic (exact) mass is 632 g/mol. The van der Waals surface area contributed by atoms with Gasteiger partial charge in [-0.25, -0.2) is 14.6 Å². The Hall–Kier alpha value is -4.07. The number of hydrogen-bond acceptors (Lipinski definition) is 12. The van der Waals surface area contributed by atoms with Crippen LogP contribution in [0.2, 0.25) is 0 Å². The largest absolute Gasteiger partial charge is 0.493 e. The minimum atomic E-state index is -4.47. The van der Waals surface area contributed by atoms with Gasteiger partial charge < -0.3 is 19.1 Å². The maximum absolute atomic E-state index is 13.3. The predicted octanol–water partition coefficient (Wildman–Crippen LogP) is 5.05. The van der Waals surface area contributed by atoms with E-state index in [1.807, 2.05) is 19.0 Å². The number of tetrazole rings is 1. The summed E-state index contributed by atoms with van der Waals surface area (Å²) in [5.41, 5.74) is 0.570. The van der Waals surface area contributed by atoms with Crippen molar-refractivity contribution in [3.63, 3.8) is 0 Å². The quantitative estimate of drug-likeness (QED) is 0.118. The number of likely N-dealkylation sites (N-methyl/N-ethyl adjacent to an activating group) is 1. The lowest BCUT2D eigenvalue weighted by Crippen LogP contribution is -2.19. The third kappa shape index (κ3) is 7.66. The van der Waals surface area contributed by atoms with E-state index in [0.29, 0.717) is 46.6 Å². The van der Waals surface area contributed by atoms with Crippen LogP contribution < -0.4 is 14.2 Å². The Balaban J connectivity index is 1.81. The molecule has 2 aromatic heterocycles. The van der Waals surface area contributed by atoms with Gasteiger partial charge in [-0.1, -0.05) is 30.0 Å². The first-order valence-corrected chi connectivity index (χ1v) is 14.4. The van der Waals surface area contributed by atoms with Crippen molar-refractivity contribution in [3.05, 3.63) is 53.1 Å². The number of methoxy groups -OCH3 is 3. The Bertz CT molecular complexity index is 1600. The van der Waals surface area contributed by atoms with Crippen molar-refractivity contribution >= 4 is 23.5 Å². The number of nitriles is 1. The summed E-state index contributed by atoms with van der Waals surface area (Å²) < 4.78 is 57.9. The lowest BCUT2D eigenvalue weighted by molar-refractivity contribution is -0.137. The molecule has 0 amide bonds. The van der Waals surface area contributed by atoms with Crippen LogP contribution in [-0.2, 0) is 18.5 Å². The van der Waals surface area contributed by atoms with E-state index < -0.39 is 11.7 Å². The number of rotatable bonds is 12. The molecule has 0 unspecified atom stereocenters. The third-order valence-corrected chi connectivity index (χ3v) is 7.86. The van der Waals surface area contributed by atoms with Crippen LogP contribution in [0.5, 0.6) is 17.2 Å². The molecule has 0 aliphatic heterocycles. The molecular formula is C27H27F3N8O3S2. The third-order valence-electron chi connectivity index (χ3n) is 5.97. The molecule has 0 saturated heterocycles. The van der Waals surface area contributed by atoms with Gasteiger partial charge in [-0.3, -0.25) is 0 Å². The van der Waals surface area contributed by atoms with E-state index in [4.69, 9.17) is 14.2 Å². The topological polar surface area (TPSA) is 124 Å². The Kier molecular flexibility index (Phi) is 10.3. The average Bonchev–Trinajstić information content (AvgIpc) is 3.44. The first kappa shape index (κ1) is 31.9. The molecule has 226 valence electrons. The highest BCUT2D eigenvalue weighted by atomic mass is 32.2. The van der Waals surface area contributed by atoms with Crippen molar-refractivity contribution in [2.75, 3.05) is 42.0 Å². The van der Waals surface area contributed by atoms with Gasteiger partial charge in [0.15, 0.2) is 16.7 Å². The Morgan fingerprint density at radius 1 is 1.02 bits per heavy atom. The first-order chi connectivity index (χ1) is 20.6. The van der Waals surface area contributed by atoms with Crippen molar-refractivity contribution in [1.82, 2.24) is 35.1 Å². The second-order valence-corrected chi connectivity index (χ2v) is 11.0. The molecule has 0 atom stereocenters. The molecule has 0 fully saturated rings. The molecule has 2 heterocycles. The van der Waals surface area contributed by atoms with Gasteiger partial charge in [0.05, 0.1) is 39.1 Å². The van der Waals surface area contributed by atoms with E-state index in [9.17, 15) is 18.4 Å². The van der Waals surface area contributed by atoms with Crippen molar-refractivity contribution in [2.24, 2.45) is 0 Å². The summed E-state index contributed by atoms with van der Waals surface area (Å²) in [4.78, 5) is 11.2. The number of ether oxygens (including phenoxy) is 3. The number of aromatic nitrogens is 6. The summed E-state index contributed by atoms with van der Waals surface area (Å²) >= 11 is 2.22. The average molecular weight is 633 g/mol. The summed E-state index contributed by atoms with van der Waals surface area (Å²) in [5.74, 6) is 1.20. The van der Waals surface area contributed by atoms with Gasteiger partial charge in [-0.2, -0.15) is 18.4 Å². The number of hydrogen-bond donors (Lipinski definition) is 0. The molecule has 43 heavy (non-hydrogen) atoms. The second-order valence-electron chi connectivity index (χ2n) is 9.14. The molecule has 2 aromatic carbocycles. The molecule has 0 N–H and O–H groups in total. The molecular weight excluding hydrogens is 605 g/mol. The fourth-order valence-corrected chi connectivity index (χ4v) is 5.57. The fourth-order valence-electron chi connectivity index (χ4n) is 3.86. The summed E-state index contributed by atoms with van der Waals surface area (Å²) in [7, 11) is 8.26. The number of halogens is 3. The highest BCUT2D eigenvalue weighted by Crippen LogP contribution is 2.43. The van der Waals surface area contributed by atoms with Crippen LogP contribution in [0.3, 0.4) is 0 Å². The lowest BCUT2D eigenvalue weighted by atomic mass is 10.1. The zero-order chi connectivity index (χ0) is 31.1. The van der Waals surface area contributed by atoms with E-state index in [1.165, 1.54) is 27.4 Å². The molecule has 11 nitrogen and oxygen atoms in total. The zero-order valence-electron chi connectivity index (χ0n) is 23.8. The van der Waals surface area contributed by atoms with Crippen LogP contribution >= 0.6 is 23.5 Å². The maximum atomic E-state index is 13.3. The molecule has 0 bridgehead atoms. The molecule has 0 aliphatic carbocycles. The highest BCUT2D eigenvalue weighted by molar-refractivity contribution is 7.99. The Labute approximate surface area is 254 Å². The van der Waals surface area contributed by atoms with E-state index in [1.54, 1.807) is 22.9 Å². The number of benzene rings is 2. The maximum Gasteiger partial charge on any atom is 0.416 e. The number of nitrogens with zero attached hydrogens (tertiary/aromatic N) is 8. The smallest absolute Gasteiger partial charge is 0.416 e.